The van der Waals surface area contributed by atoms with Crippen LogP contribution in [0.2, 0.25) is 0 Å². The molecule has 1 aromatic carbocycles. The zero-order valence-electron chi connectivity index (χ0n) is 11.6. The van der Waals surface area contributed by atoms with Crippen LogP contribution in [0.5, 0.6) is 5.75 Å². The minimum absolute atomic E-state index is 0.00707. The van der Waals surface area contributed by atoms with Crippen molar-refractivity contribution in [3.63, 3.8) is 0 Å². The summed E-state index contributed by atoms with van der Waals surface area (Å²) in [5.74, 6) is 0.861. The molecule has 1 unspecified atom stereocenters. The molecule has 1 aromatic heterocycles. The van der Waals surface area contributed by atoms with Gasteiger partial charge in [0.2, 0.25) is 0 Å². The summed E-state index contributed by atoms with van der Waals surface area (Å²) in [6.45, 7) is 4.27. The first-order chi connectivity index (χ1) is 9.56. The Bertz CT molecular complexity index is 623. The first-order valence-electron chi connectivity index (χ1n) is 6.79. The van der Waals surface area contributed by atoms with E-state index in [-0.39, 0.29) is 12.1 Å². The zero-order valence-corrected chi connectivity index (χ0v) is 13.2. The van der Waals surface area contributed by atoms with Crippen molar-refractivity contribution in [2.75, 3.05) is 0 Å². The minimum atomic E-state index is -0.0447. The van der Waals surface area contributed by atoms with Gasteiger partial charge in [-0.25, -0.2) is 4.98 Å². The van der Waals surface area contributed by atoms with Gasteiger partial charge in [-0.15, -0.1) is 0 Å². The summed E-state index contributed by atoms with van der Waals surface area (Å²) in [5, 5.41) is 0. The highest BCUT2D eigenvalue weighted by molar-refractivity contribution is 9.10. The second-order valence-corrected chi connectivity index (χ2v) is 6.37. The lowest BCUT2D eigenvalue weighted by Gasteiger charge is -2.31. The second kappa shape index (κ2) is 5.22. The molecule has 0 saturated heterocycles. The summed E-state index contributed by atoms with van der Waals surface area (Å²) < 4.78 is 9.29. The van der Waals surface area contributed by atoms with Gasteiger partial charge in [-0.2, -0.15) is 0 Å². The third-order valence-electron chi connectivity index (χ3n) is 3.69. The van der Waals surface area contributed by atoms with Crippen LogP contribution in [0.25, 0.3) is 0 Å². The Morgan fingerprint density at radius 2 is 2.25 bits per heavy atom. The number of ether oxygens (including phenoxy) is 1. The van der Waals surface area contributed by atoms with Gasteiger partial charge in [0, 0.05) is 28.5 Å². The summed E-state index contributed by atoms with van der Waals surface area (Å²) >= 11 is 3.48. The second-order valence-electron chi connectivity index (χ2n) is 5.45. The normalized spacial score (nSPS) is 21.6. The van der Waals surface area contributed by atoms with Crippen LogP contribution in [0.4, 0.5) is 0 Å². The Morgan fingerprint density at radius 3 is 3.00 bits per heavy atom. The molecule has 4 nitrogen and oxygen atoms in total. The number of fused-ring (bicyclic) bond motifs is 1. The molecule has 2 heterocycles. The number of halogens is 1. The lowest BCUT2D eigenvalue weighted by molar-refractivity contribution is 0.151. The Balaban J connectivity index is 1.96. The maximum absolute atomic E-state index is 6.29. The smallest absolute Gasteiger partial charge is 0.142 e. The standard InChI is InChI=1S/C15H18BrN3O/c1-9(2)19-8-18-7-13(19)15-6-12(17)11-4-3-10(16)5-14(11)20-15/h3-5,7-9,12,15H,6,17H2,1-2H3/t12-,15?/m0/s1. The zero-order chi connectivity index (χ0) is 14.3. The molecule has 2 N–H and O–H groups in total. The minimum Gasteiger partial charge on any atom is -0.484 e. The monoisotopic (exact) mass is 335 g/mol. The van der Waals surface area contributed by atoms with Crippen LogP contribution < -0.4 is 10.5 Å². The van der Waals surface area contributed by atoms with Crippen LogP contribution >= 0.6 is 15.9 Å². The average Bonchev–Trinajstić information content (AvgIpc) is 2.87. The van der Waals surface area contributed by atoms with Crippen LogP contribution in [-0.4, -0.2) is 9.55 Å². The Labute approximate surface area is 127 Å². The fourth-order valence-electron chi connectivity index (χ4n) is 2.65. The third kappa shape index (κ3) is 2.36. The highest BCUT2D eigenvalue weighted by atomic mass is 79.9. The molecule has 0 radical (unpaired) electrons. The lowest BCUT2D eigenvalue weighted by Crippen LogP contribution is -2.26. The number of nitrogens with two attached hydrogens (primary N) is 1. The van der Waals surface area contributed by atoms with E-state index in [0.717, 1.165) is 27.9 Å². The highest BCUT2D eigenvalue weighted by Gasteiger charge is 2.29. The first-order valence-corrected chi connectivity index (χ1v) is 7.59. The topological polar surface area (TPSA) is 53.1 Å². The molecule has 0 amide bonds. The molecule has 5 heteroatoms. The molecular formula is C15H18BrN3O. The fourth-order valence-corrected chi connectivity index (χ4v) is 2.99. The fraction of sp³-hybridized carbons (Fsp3) is 0.400. The van der Waals surface area contributed by atoms with Crippen molar-refractivity contribution in [3.05, 3.63) is 46.5 Å². The summed E-state index contributed by atoms with van der Waals surface area (Å²) in [6.07, 6.45) is 4.45. The van der Waals surface area contributed by atoms with Crippen molar-refractivity contribution in [2.45, 2.75) is 38.5 Å². The molecule has 0 fully saturated rings. The highest BCUT2D eigenvalue weighted by Crippen LogP contribution is 2.41. The molecule has 1 aliphatic rings. The van der Waals surface area contributed by atoms with Crippen molar-refractivity contribution < 1.29 is 4.74 Å². The summed E-state index contributed by atoms with van der Waals surface area (Å²) in [4.78, 5) is 4.25. The Hall–Kier alpha value is -1.33. The molecule has 0 saturated carbocycles. The predicted octanol–water partition coefficient (Wildman–Crippen LogP) is 3.75. The van der Waals surface area contributed by atoms with E-state index in [4.69, 9.17) is 10.5 Å². The molecule has 0 aliphatic carbocycles. The van der Waals surface area contributed by atoms with E-state index in [1.165, 1.54) is 0 Å². The molecule has 1 aliphatic heterocycles. The van der Waals surface area contributed by atoms with E-state index >= 15 is 0 Å². The van der Waals surface area contributed by atoms with Crippen molar-refractivity contribution in [2.24, 2.45) is 5.73 Å². The number of imidazole rings is 1. The SMILES string of the molecule is CC(C)n1cncc1C1C[C@H](N)c2ccc(Br)cc2O1. The van der Waals surface area contributed by atoms with Crippen LogP contribution in [-0.2, 0) is 0 Å². The average molecular weight is 336 g/mol. The van der Waals surface area contributed by atoms with Gasteiger partial charge in [0.25, 0.3) is 0 Å². The molecule has 106 valence electrons. The van der Waals surface area contributed by atoms with Crippen molar-refractivity contribution in [1.29, 1.82) is 0 Å². The van der Waals surface area contributed by atoms with Gasteiger partial charge in [-0.05, 0) is 26.0 Å². The van der Waals surface area contributed by atoms with Gasteiger partial charge in [0.15, 0.2) is 0 Å². The summed E-state index contributed by atoms with van der Waals surface area (Å²) in [5.41, 5.74) is 8.45. The Kier molecular flexibility index (Phi) is 3.56. The first kappa shape index (κ1) is 13.6. The molecule has 0 spiro atoms. The predicted molar refractivity (Wildman–Crippen MR) is 81.7 cm³/mol. The van der Waals surface area contributed by atoms with Crippen molar-refractivity contribution >= 4 is 15.9 Å². The summed E-state index contributed by atoms with van der Waals surface area (Å²) in [6, 6.07) is 6.36. The quantitative estimate of drug-likeness (QED) is 0.909. The number of hydrogen-bond acceptors (Lipinski definition) is 3. The van der Waals surface area contributed by atoms with E-state index in [1.54, 1.807) is 0 Å². The number of rotatable bonds is 2. The van der Waals surface area contributed by atoms with Crippen LogP contribution in [0.3, 0.4) is 0 Å². The Morgan fingerprint density at radius 1 is 1.45 bits per heavy atom. The summed E-state index contributed by atoms with van der Waals surface area (Å²) in [7, 11) is 0. The maximum Gasteiger partial charge on any atom is 0.142 e. The molecule has 2 aromatic rings. The lowest BCUT2D eigenvalue weighted by atomic mass is 9.96. The van der Waals surface area contributed by atoms with Gasteiger partial charge < -0.3 is 15.0 Å². The third-order valence-corrected chi connectivity index (χ3v) is 4.19. The van der Waals surface area contributed by atoms with Crippen LogP contribution in [0, 0.1) is 0 Å². The van der Waals surface area contributed by atoms with E-state index in [9.17, 15) is 0 Å². The number of hydrogen-bond donors (Lipinski definition) is 1. The molecular weight excluding hydrogens is 318 g/mol. The molecule has 0 bridgehead atoms. The molecule has 3 rings (SSSR count). The maximum atomic E-state index is 6.29. The van der Waals surface area contributed by atoms with Crippen LogP contribution in [0.15, 0.2) is 35.2 Å². The van der Waals surface area contributed by atoms with Gasteiger partial charge in [-0.3, -0.25) is 0 Å². The van der Waals surface area contributed by atoms with Gasteiger partial charge in [-0.1, -0.05) is 22.0 Å². The van der Waals surface area contributed by atoms with E-state index in [1.807, 2.05) is 30.7 Å². The van der Waals surface area contributed by atoms with Crippen LogP contribution in [0.1, 0.15) is 49.7 Å². The van der Waals surface area contributed by atoms with Crippen molar-refractivity contribution in [1.82, 2.24) is 9.55 Å². The van der Waals surface area contributed by atoms with Gasteiger partial charge in [0.1, 0.15) is 11.9 Å². The van der Waals surface area contributed by atoms with E-state index in [0.29, 0.717) is 6.04 Å². The van der Waals surface area contributed by atoms with E-state index in [2.05, 4.69) is 39.3 Å². The largest absolute Gasteiger partial charge is 0.484 e. The number of benzene rings is 1. The van der Waals surface area contributed by atoms with Gasteiger partial charge >= 0.3 is 0 Å². The molecule has 2 atom stereocenters. The number of aromatic nitrogens is 2. The van der Waals surface area contributed by atoms with Gasteiger partial charge in [0.05, 0.1) is 18.2 Å². The van der Waals surface area contributed by atoms with Crippen molar-refractivity contribution in [3.8, 4) is 5.75 Å². The molecule has 20 heavy (non-hydrogen) atoms. The van der Waals surface area contributed by atoms with E-state index < -0.39 is 0 Å². The number of nitrogens with zero attached hydrogens (tertiary/aromatic N) is 2.